The maximum absolute atomic E-state index is 11.9. The van der Waals surface area contributed by atoms with Gasteiger partial charge in [0.15, 0.2) is 10.8 Å². The van der Waals surface area contributed by atoms with Gasteiger partial charge in [-0.3, -0.25) is 4.79 Å². The Balaban J connectivity index is 1.43. The minimum absolute atomic E-state index is 0.0787. The Kier molecular flexibility index (Phi) is 3.64. The molecule has 0 atom stereocenters. The fourth-order valence-corrected chi connectivity index (χ4v) is 4.41. The molecular weight excluding hydrogens is 368 g/mol. The average Bonchev–Trinajstić information content (AvgIpc) is 3.30. The quantitative estimate of drug-likeness (QED) is 0.581. The Morgan fingerprint density at radius 3 is 3.00 bits per heavy atom. The zero-order valence-electron chi connectivity index (χ0n) is 13.8. The summed E-state index contributed by atoms with van der Waals surface area (Å²) in [5.41, 5.74) is 2.51. The van der Waals surface area contributed by atoms with Crippen molar-refractivity contribution in [2.45, 2.75) is 29.8 Å². The van der Waals surface area contributed by atoms with Crippen LogP contribution < -0.4 is 5.32 Å². The number of hydrogen-bond acceptors (Lipinski definition) is 7. The van der Waals surface area contributed by atoms with Crippen LogP contribution in [0.4, 0.5) is 5.13 Å². The van der Waals surface area contributed by atoms with E-state index >= 15 is 0 Å². The zero-order chi connectivity index (χ0) is 17.7. The normalized spacial score (nSPS) is 14.2. The van der Waals surface area contributed by atoms with Crippen molar-refractivity contribution in [2.24, 2.45) is 5.92 Å². The van der Waals surface area contributed by atoms with Crippen molar-refractivity contribution < 1.29 is 4.79 Å². The first-order valence-corrected chi connectivity index (χ1v) is 9.87. The molecule has 0 bridgehead atoms. The van der Waals surface area contributed by atoms with E-state index in [9.17, 15) is 4.79 Å². The lowest BCUT2D eigenvalue weighted by atomic mass is 10.3. The lowest BCUT2D eigenvalue weighted by Crippen LogP contribution is -2.12. The maximum Gasteiger partial charge on any atom is 0.229 e. The number of hydrogen-bond donors (Lipinski definition) is 1. The molecule has 1 N–H and O–H groups in total. The smallest absolute Gasteiger partial charge is 0.229 e. The van der Waals surface area contributed by atoms with E-state index in [0.29, 0.717) is 5.13 Å². The van der Waals surface area contributed by atoms with Crippen molar-refractivity contribution in [1.29, 1.82) is 0 Å². The summed E-state index contributed by atoms with van der Waals surface area (Å²) in [6.45, 7) is 1.94. The molecule has 0 aliphatic heterocycles. The van der Waals surface area contributed by atoms with Gasteiger partial charge in [0.1, 0.15) is 0 Å². The summed E-state index contributed by atoms with van der Waals surface area (Å²) in [4.78, 5) is 17.4. The van der Waals surface area contributed by atoms with Gasteiger partial charge >= 0.3 is 0 Å². The second-order valence-corrected chi connectivity index (χ2v) is 8.31. The van der Waals surface area contributed by atoms with Gasteiger partial charge in [-0.25, -0.2) is 4.98 Å². The van der Waals surface area contributed by atoms with E-state index in [-0.39, 0.29) is 11.8 Å². The maximum atomic E-state index is 11.9. The van der Waals surface area contributed by atoms with E-state index in [1.807, 2.05) is 31.2 Å². The molecule has 130 valence electrons. The molecule has 0 saturated heterocycles. The topological polar surface area (TPSA) is 85.1 Å². The summed E-state index contributed by atoms with van der Waals surface area (Å²) < 4.78 is 2.78. The molecule has 1 amide bonds. The van der Waals surface area contributed by atoms with Crippen LogP contribution >= 0.6 is 23.1 Å². The first-order valence-electron chi connectivity index (χ1n) is 8.24. The number of fused-ring (bicyclic) bond motifs is 2. The molecule has 5 rings (SSSR count). The number of carbonyl (C=O) groups is 1. The van der Waals surface area contributed by atoms with Crippen LogP contribution in [0.5, 0.6) is 0 Å². The molecule has 9 heteroatoms. The van der Waals surface area contributed by atoms with Crippen molar-refractivity contribution >= 4 is 50.0 Å². The summed E-state index contributed by atoms with van der Waals surface area (Å²) in [7, 11) is 0. The molecule has 26 heavy (non-hydrogen) atoms. The van der Waals surface area contributed by atoms with E-state index in [0.717, 1.165) is 44.5 Å². The summed E-state index contributed by atoms with van der Waals surface area (Å²) >= 11 is 2.99. The van der Waals surface area contributed by atoms with Gasteiger partial charge in [0.25, 0.3) is 0 Å². The van der Waals surface area contributed by atoms with Crippen molar-refractivity contribution in [2.75, 3.05) is 5.32 Å². The molecule has 1 fully saturated rings. The Labute approximate surface area is 156 Å². The van der Waals surface area contributed by atoms with Gasteiger partial charge in [0.2, 0.25) is 11.1 Å². The molecule has 4 aromatic rings. The fraction of sp³-hybridized carbons (Fsp3) is 0.235. The minimum atomic E-state index is 0.0787. The largest absolute Gasteiger partial charge is 0.302 e. The molecule has 1 aromatic carbocycles. The number of benzene rings is 1. The van der Waals surface area contributed by atoms with Gasteiger partial charge < -0.3 is 5.32 Å². The molecule has 3 heterocycles. The van der Waals surface area contributed by atoms with Gasteiger partial charge in [0.05, 0.1) is 15.9 Å². The van der Waals surface area contributed by atoms with E-state index < -0.39 is 0 Å². The van der Waals surface area contributed by atoms with E-state index in [1.165, 1.54) is 23.1 Å². The summed E-state index contributed by atoms with van der Waals surface area (Å²) in [6, 6.07) is 9.83. The highest BCUT2D eigenvalue weighted by atomic mass is 32.2. The second-order valence-electron chi connectivity index (χ2n) is 6.24. The van der Waals surface area contributed by atoms with E-state index in [2.05, 4.69) is 31.7 Å². The highest BCUT2D eigenvalue weighted by Gasteiger charge is 2.30. The van der Waals surface area contributed by atoms with Crippen molar-refractivity contribution in [3.63, 3.8) is 0 Å². The highest BCUT2D eigenvalue weighted by molar-refractivity contribution is 7.99. The molecule has 0 radical (unpaired) electrons. The molecule has 1 saturated carbocycles. The number of nitrogens with one attached hydrogen (secondary N) is 1. The number of aryl methyl sites for hydroxylation is 1. The second kappa shape index (κ2) is 6.03. The fourth-order valence-electron chi connectivity index (χ4n) is 2.60. The van der Waals surface area contributed by atoms with Crippen LogP contribution in [-0.4, -0.2) is 30.7 Å². The van der Waals surface area contributed by atoms with Crippen LogP contribution in [0.3, 0.4) is 0 Å². The summed E-state index contributed by atoms with van der Waals surface area (Å²) in [5.74, 6) is 0.250. The Hall–Kier alpha value is -2.52. The zero-order valence-corrected chi connectivity index (χ0v) is 15.5. The standard InChI is InChI=1S/C17H14N6OS2/c1-9-2-7-14-20-21-17(23(14)22-9)25-11-5-6-12-13(8-11)26-16(18-12)19-15(24)10-3-4-10/h2,5-8,10H,3-4H2,1H3,(H,18,19,24). The molecular formula is C17H14N6OS2. The molecule has 1 aliphatic carbocycles. The lowest BCUT2D eigenvalue weighted by Gasteiger charge is -2.00. The van der Waals surface area contributed by atoms with Crippen LogP contribution in [0.25, 0.3) is 15.9 Å². The first kappa shape index (κ1) is 15.7. The van der Waals surface area contributed by atoms with Crippen LogP contribution in [0.2, 0.25) is 0 Å². The Morgan fingerprint density at radius 1 is 1.27 bits per heavy atom. The van der Waals surface area contributed by atoms with Crippen LogP contribution in [0.1, 0.15) is 18.5 Å². The third-order valence-electron chi connectivity index (χ3n) is 4.11. The van der Waals surface area contributed by atoms with Crippen molar-refractivity contribution in [1.82, 2.24) is 24.8 Å². The molecule has 7 nitrogen and oxygen atoms in total. The number of rotatable bonds is 4. The number of aromatic nitrogens is 5. The summed E-state index contributed by atoms with van der Waals surface area (Å²) in [6.07, 6.45) is 1.97. The van der Waals surface area contributed by atoms with Gasteiger partial charge in [-0.15, -0.1) is 10.2 Å². The number of carbonyl (C=O) groups excluding carboxylic acids is 1. The number of amides is 1. The average molecular weight is 382 g/mol. The van der Waals surface area contributed by atoms with Crippen LogP contribution in [-0.2, 0) is 4.79 Å². The van der Waals surface area contributed by atoms with E-state index in [4.69, 9.17) is 0 Å². The van der Waals surface area contributed by atoms with Crippen LogP contribution in [0.15, 0.2) is 40.4 Å². The monoisotopic (exact) mass is 382 g/mol. The number of thiazole rings is 1. The molecule has 1 aliphatic rings. The number of anilines is 1. The molecule has 0 spiro atoms. The van der Waals surface area contributed by atoms with Gasteiger partial charge in [-0.05, 0) is 61.9 Å². The van der Waals surface area contributed by atoms with Gasteiger partial charge in [-0.2, -0.15) is 9.61 Å². The Bertz CT molecular complexity index is 1150. The Morgan fingerprint density at radius 2 is 2.15 bits per heavy atom. The molecule has 3 aromatic heterocycles. The third-order valence-corrected chi connectivity index (χ3v) is 5.98. The van der Waals surface area contributed by atoms with E-state index in [1.54, 1.807) is 4.52 Å². The van der Waals surface area contributed by atoms with Gasteiger partial charge in [-0.1, -0.05) is 11.3 Å². The number of nitrogens with zero attached hydrogens (tertiary/aromatic N) is 5. The summed E-state index contributed by atoms with van der Waals surface area (Å²) in [5, 5.41) is 17.1. The van der Waals surface area contributed by atoms with Crippen molar-refractivity contribution in [3.05, 3.63) is 36.0 Å². The van der Waals surface area contributed by atoms with Crippen molar-refractivity contribution in [3.8, 4) is 0 Å². The highest BCUT2D eigenvalue weighted by Crippen LogP contribution is 2.34. The predicted molar refractivity (Wildman–Crippen MR) is 101 cm³/mol. The third kappa shape index (κ3) is 2.93. The van der Waals surface area contributed by atoms with Crippen LogP contribution in [0, 0.1) is 12.8 Å². The SMILES string of the molecule is Cc1ccc2nnc(Sc3ccc4nc(NC(=O)C5CC5)sc4c3)n2n1. The molecule has 0 unspecified atom stereocenters. The predicted octanol–water partition coefficient (Wildman–Crippen LogP) is 3.54. The lowest BCUT2D eigenvalue weighted by molar-refractivity contribution is -0.117. The minimum Gasteiger partial charge on any atom is -0.302 e. The first-order chi connectivity index (χ1) is 12.7. The van der Waals surface area contributed by atoms with Gasteiger partial charge in [0, 0.05) is 10.8 Å².